The first-order valence-electron chi connectivity index (χ1n) is 12.5. The zero-order valence-corrected chi connectivity index (χ0v) is 20.4. The van der Waals surface area contributed by atoms with Crippen LogP contribution in [0.25, 0.3) is 16.3 Å². The summed E-state index contributed by atoms with van der Waals surface area (Å²) < 4.78 is 0. The molecule has 0 amide bonds. The largest absolute Gasteiger partial charge is 0.368 e. The van der Waals surface area contributed by atoms with E-state index in [9.17, 15) is 0 Å². The number of fused-ring (bicyclic) bond motifs is 1. The van der Waals surface area contributed by atoms with Crippen molar-refractivity contribution in [3.05, 3.63) is 48.0 Å². The van der Waals surface area contributed by atoms with Crippen molar-refractivity contribution in [1.29, 1.82) is 0 Å². The minimum atomic E-state index is 0. The van der Waals surface area contributed by atoms with Crippen LogP contribution < -0.4 is 4.90 Å². The molecule has 1 fully saturated rings. The predicted molar refractivity (Wildman–Crippen MR) is 140 cm³/mol. The highest BCUT2D eigenvalue weighted by Gasteiger charge is 2.23. The molecule has 0 N–H and O–H groups in total. The first-order valence-corrected chi connectivity index (χ1v) is 12.5. The average molecular weight is 441 g/mol. The first kappa shape index (κ1) is 24.1. The van der Waals surface area contributed by atoms with Gasteiger partial charge >= 0.3 is 0 Å². The molecule has 1 atom stereocenters. The van der Waals surface area contributed by atoms with Crippen molar-refractivity contribution < 1.29 is 0 Å². The molecule has 2 aromatic rings. The molecular weight excluding hydrogens is 400 g/mol. The third-order valence-corrected chi connectivity index (χ3v) is 7.25. The second-order valence-corrected chi connectivity index (χ2v) is 9.38. The molecule has 1 aliphatic carbocycles. The molecule has 0 spiro atoms. The Morgan fingerprint density at radius 3 is 2.39 bits per heavy atom. The lowest BCUT2D eigenvalue weighted by atomic mass is 9.82. The maximum Gasteiger partial charge on any atom is 0.0449 e. The number of nitrogens with zero attached hydrogens (tertiary/aromatic N) is 2. The van der Waals surface area contributed by atoms with Gasteiger partial charge in [0.1, 0.15) is 0 Å². The number of halogens is 1. The van der Waals surface area contributed by atoms with Gasteiger partial charge in [0.05, 0.1) is 0 Å². The van der Waals surface area contributed by atoms with E-state index in [2.05, 4.69) is 66.1 Å². The van der Waals surface area contributed by atoms with Gasteiger partial charge < -0.3 is 4.90 Å². The zero-order chi connectivity index (χ0) is 20.8. The molecule has 170 valence electrons. The van der Waals surface area contributed by atoms with Crippen LogP contribution in [0, 0.1) is 5.92 Å². The van der Waals surface area contributed by atoms with Gasteiger partial charge in [-0.05, 0) is 60.6 Å². The fourth-order valence-corrected chi connectivity index (χ4v) is 5.33. The summed E-state index contributed by atoms with van der Waals surface area (Å²) in [5, 5.41) is 2.83. The first-order chi connectivity index (χ1) is 14.8. The molecule has 2 aliphatic rings. The second kappa shape index (κ2) is 11.9. The smallest absolute Gasteiger partial charge is 0.0449 e. The van der Waals surface area contributed by atoms with Crippen LogP contribution >= 0.6 is 12.4 Å². The van der Waals surface area contributed by atoms with Crippen LogP contribution in [0.1, 0.15) is 70.8 Å². The van der Waals surface area contributed by atoms with Crippen molar-refractivity contribution in [1.82, 2.24) is 4.90 Å². The summed E-state index contributed by atoms with van der Waals surface area (Å²) in [5.74, 6) is 0.897. The number of piperazine rings is 1. The standard InChI is InChI=1S/C28H40N2.ClH/c1-3-5-9-23-12-14-25(15-13-23)28-26-11-8-7-10-24(26)16-17-27(28)30-21-19-29(20-22-30)18-6-4-2;/h7-8,10-11,14,16-17,23H,3-6,9,12-13,15,18-22H2,1-2H3;1H. The van der Waals surface area contributed by atoms with Gasteiger partial charge in [0.25, 0.3) is 0 Å². The molecule has 31 heavy (non-hydrogen) atoms. The van der Waals surface area contributed by atoms with Crippen LogP contribution in [0.15, 0.2) is 42.5 Å². The summed E-state index contributed by atoms with van der Waals surface area (Å²) in [6, 6.07) is 13.8. The summed E-state index contributed by atoms with van der Waals surface area (Å²) in [4.78, 5) is 5.31. The topological polar surface area (TPSA) is 6.48 Å². The zero-order valence-electron chi connectivity index (χ0n) is 19.6. The molecule has 0 saturated carbocycles. The lowest BCUT2D eigenvalue weighted by Crippen LogP contribution is -2.46. The van der Waals surface area contributed by atoms with E-state index in [0.29, 0.717) is 0 Å². The maximum atomic E-state index is 2.66. The Kier molecular flexibility index (Phi) is 9.29. The Balaban J connectivity index is 0.00000272. The SMILES string of the molecule is CCCCC1CC=C(c2c(N3CCN(CCCC)CC3)ccc3ccccc23)CC1.Cl. The van der Waals surface area contributed by atoms with Crippen molar-refractivity contribution in [2.24, 2.45) is 5.92 Å². The highest BCUT2D eigenvalue weighted by molar-refractivity contribution is 5.99. The number of anilines is 1. The summed E-state index contributed by atoms with van der Waals surface area (Å²) in [6.07, 6.45) is 13.2. The number of hydrogen-bond acceptors (Lipinski definition) is 2. The Morgan fingerprint density at radius 1 is 0.903 bits per heavy atom. The van der Waals surface area contributed by atoms with Gasteiger partial charge in [-0.1, -0.05) is 75.9 Å². The maximum absolute atomic E-state index is 2.66. The highest BCUT2D eigenvalue weighted by atomic mass is 35.5. The Morgan fingerprint density at radius 2 is 1.68 bits per heavy atom. The molecule has 1 aliphatic heterocycles. The summed E-state index contributed by atoms with van der Waals surface area (Å²) in [6.45, 7) is 10.6. The molecule has 2 aromatic carbocycles. The van der Waals surface area contributed by atoms with Gasteiger partial charge in [-0.3, -0.25) is 4.90 Å². The molecule has 1 heterocycles. The van der Waals surface area contributed by atoms with Crippen LogP contribution in [0.3, 0.4) is 0 Å². The van der Waals surface area contributed by atoms with E-state index in [1.165, 1.54) is 93.0 Å². The van der Waals surface area contributed by atoms with E-state index in [-0.39, 0.29) is 12.4 Å². The fourth-order valence-electron chi connectivity index (χ4n) is 5.33. The van der Waals surface area contributed by atoms with Gasteiger partial charge in [0.15, 0.2) is 0 Å². The van der Waals surface area contributed by atoms with Crippen molar-refractivity contribution in [2.75, 3.05) is 37.6 Å². The molecule has 4 rings (SSSR count). The van der Waals surface area contributed by atoms with Gasteiger partial charge in [0, 0.05) is 37.4 Å². The van der Waals surface area contributed by atoms with Crippen LogP contribution in [-0.4, -0.2) is 37.6 Å². The second-order valence-electron chi connectivity index (χ2n) is 9.38. The Hall–Kier alpha value is -1.51. The van der Waals surface area contributed by atoms with Crippen LogP contribution in [-0.2, 0) is 0 Å². The molecule has 2 nitrogen and oxygen atoms in total. The van der Waals surface area contributed by atoms with Crippen LogP contribution in [0.5, 0.6) is 0 Å². The average Bonchev–Trinajstić information content (AvgIpc) is 2.81. The monoisotopic (exact) mass is 440 g/mol. The summed E-state index contributed by atoms with van der Waals surface area (Å²) in [5.41, 5.74) is 4.61. The molecule has 3 heteroatoms. The van der Waals surface area contributed by atoms with Crippen molar-refractivity contribution in [2.45, 2.75) is 65.2 Å². The van der Waals surface area contributed by atoms with E-state index in [1.54, 1.807) is 5.57 Å². The Labute approximate surface area is 196 Å². The van der Waals surface area contributed by atoms with E-state index < -0.39 is 0 Å². The van der Waals surface area contributed by atoms with E-state index in [0.717, 1.165) is 19.0 Å². The van der Waals surface area contributed by atoms with Gasteiger partial charge in [-0.15, -0.1) is 12.4 Å². The predicted octanol–water partition coefficient (Wildman–Crippen LogP) is 7.56. The molecule has 0 bridgehead atoms. The number of hydrogen-bond donors (Lipinski definition) is 0. The van der Waals surface area contributed by atoms with Crippen LogP contribution in [0.4, 0.5) is 5.69 Å². The van der Waals surface area contributed by atoms with Crippen molar-refractivity contribution in [3.8, 4) is 0 Å². The van der Waals surface area contributed by atoms with E-state index >= 15 is 0 Å². The number of unbranched alkanes of at least 4 members (excludes halogenated alkanes) is 2. The van der Waals surface area contributed by atoms with Crippen molar-refractivity contribution in [3.63, 3.8) is 0 Å². The molecular formula is C28H41ClN2. The van der Waals surface area contributed by atoms with E-state index in [4.69, 9.17) is 0 Å². The number of benzene rings is 2. The summed E-state index contributed by atoms with van der Waals surface area (Å²) in [7, 11) is 0. The molecule has 0 radical (unpaired) electrons. The lowest BCUT2D eigenvalue weighted by Gasteiger charge is -2.38. The van der Waals surface area contributed by atoms with E-state index in [1.807, 2.05) is 0 Å². The number of rotatable bonds is 8. The lowest BCUT2D eigenvalue weighted by molar-refractivity contribution is 0.254. The minimum Gasteiger partial charge on any atom is -0.368 e. The number of allylic oxidation sites excluding steroid dienone is 2. The normalized spacial score (nSPS) is 19.9. The molecule has 1 unspecified atom stereocenters. The third kappa shape index (κ3) is 5.84. The Bertz CT molecular complexity index is 851. The summed E-state index contributed by atoms with van der Waals surface area (Å²) >= 11 is 0. The quantitative estimate of drug-likeness (QED) is 0.417. The van der Waals surface area contributed by atoms with Gasteiger partial charge in [-0.2, -0.15) is 0 Å². The third-order valence-electron chi connectivity index (χ3n) is 7.25. The molecule has 0 aromatic heterocycles. The molecule has 1 saturated heterocycles. The van der Waals surface area contributed by atoms with Gasteiger partial charge in [-0.25, -0.2) is 0 Å². The van der Waals surface area contributed by atoms with Crippen LogP contribution in [0.2, 0.25) is 0 Å². The highest BCUT2D eigenvalue weighted by Crippen LogP contribution is 2.41. The minimum absolute atomic E-state index is 0. The van der Waals surface area contributed by atoms with Crippen molar-refractivity contribution >= 4 is 34.4 Å². The fraction of sp³-hybridized carbons (Fsp3) is 0.571. The van der Waals surface area contributed by atoms with Gasteiger partial charge in [0.2, 0.25) is 0 Å².